The van der Waals surface area contributed by atoms with Crippen molar-refractivity contribution in [1.29, 1.82) is 0 Å². The summed E-state index contributed by atoms with van der Waals surface area (Å²) in [4.78, 5) is 6.42. The summed E-state index contributed by atoms with van der Waals surface area (Å²) in [7, 11) is 3.65. The molecule has 0 fully saturated rings. The maximum absolute atomic E-state index is 3.77. The van der Waals surface area contributed by atoms with Crippen LogP contribution < -0.4 is 0 Å². The second-order valence-corrected chi connectivity index (χ2v) is 0.761. The van der Waals surface area contributed by atoms with Gasteiger partial charge in [-0.2, -0.15) is 0 Å². The zero-order chi connectivity index (χ0) is 5.54. The summed E-state index contributed by atoms with van der Waals surface area (Å²) in [6.45, 7) is 0. The minimum atomic E-state index is 1.62. The van der Waals surface area contributed by atoms with Gasteiger partial charge >= 0.3 is 24.9 Å². The first-order valence-electron chi connectivity index (χ1n) is 1.55. The van der Waals surface area contributed by atoms with Gasteiger partial charge in [0, 0.05) is 12.4 Å². The number of H-pyrrole nitrogens is 1. The summed E-state index contributed by atoms with van der Waals surface area (Å²) in [6, 6.07) is 0. The van der Waals surface area contributed by atoms with Gasteiger partial charge in [0.1, 0.15) is 0 Å². The number of rotatable bonds is 0. The maximum Gasteiger partial charge on any atom is 0.0919 e. The van der Waals surface area contributed by atoms with Crippen LogP contribution in [0.1, 0.15) is 0 Å². The first-order valence-corrected chi connectivity index (χ1v) is 2.95. The summed E-state index contributed by atoms with van der Waals surface area (Å²) in [5.74, 6) is 0. The molecule has 0 spiro atoms. The Morgan fingerprint density at radius 2 is 2.29 bits per heavy atom. The fourth-order valence-electron chi connectivity index (χ4n) is 0.215. The molecule has 1 rings (SSSR count). The van der Waals surface area contributed by atoms with Crippen molar-refractivity contribution in [2.45, 2.75) is 0 Å². The van der Waals surface area contributed by atoms with Crippen LogP contribution in [0.15, 0.2) is 18.7 Å². The van der Waals surface area contributed by atoms with Crippen molar-refractivity contribution >= 4 is 10.6 Å². The van der Waals surface area contributed by atoms with Crippen LogP contribution in [-0.4, -0.2) is 9.97 Å². The third-order valence-electron chi connectivity index (χ3n) is 0.406. The summed E-state index contributed by atoms with van der Waals surface area (Å²) >= 11 is 3.77. The summed E-state index contributed by atoms with van der Waals surface area (Å²) < 4.78 is 0. The zero-order valence-corrected chi connectivity index (χ0v) is 5.15. The molecule has 4 heteroatoms. The smallest absolute Gasteiger partial charge is 0.0919 e. The van der Waals surface area contributed by atoms with E-state index in [9.17, 15) is 0 Å². The van der Waals surface area contributed by atoms with Crippen LogP contribution in [0.2, 0.25) is 0 Å². The number of aromatic amines is 1. The second kappa shape index (κ2) is 5.95. The number of aromatic nitrogens is 2. The Kier molecular flexibility index (Phi) is 5.91. The van der Waals surface area contributed by atoms with Gasteiger partial charge in [0.15, 0.2) is 0 Å². The van der Waals surface area contributed by atoms with Gasteiger partial charge in [-0.3, -0.25) is 0 Å². The maximum atomic E-state index is 3.77. The van der Waals surface area contributed by atoms with Gasteiger partial charge in [0.2, 0.25) is 0 Å². The summed E-state index contributed by atoms with van der Waals surface area (Å²) in [5, 5.41) is 0. The molecular weight excluding hydrogens is 160 g/mol. The predicted molar refractivity (Wildman–Crippen MR) is 26.2 cm³/mol. The predicted octanol–water partition coefficient (Wildman–Crippen LogP) is 1.06. The van der Waals surface area contributed by atoms with Gasteiger partial charge in [-0.25, -0.2) is 4.98 Å². The SMILES string of the molecule is [S]=[Cu].c1c[nH]cn1. The molecule has 1 aromatic rings. The van der Waals surface area contributed by atoms with E-state index in [1.54, 1.807) is 18.7 Å². The first-order chi connectivity index (χ1) is 3.50. The van der Waals surface area contributed by atoms with Crippen LogP contribution in [0.4, 0.5) is 0 Å². The second-order valence-electron chi connectivity index (χ2n) is 0.761. The molecule has 7 heavy (non-hydrogen) atoms. The first kappa shape index (κ1) is 6.95. The van der Waals surface area contributed by atoms with Crippen LogP contribution in [-0.2, 0) is 14.4 Å². The third-order valence-corrected chi connectivity index (χ3v) is 0.406. The van der Waals surface area contributed by atoms with Crippen LogP contribution >= 0.6 is 10.6 Å². The van der Waals surface area contributed by atoms with Crippen LogP contribution in [0, 0.1) is 0 Å². The molecule has 0 bridgehead atoms. The van der Waals surface area contributed by atoms with E-state index in [-0.39, 0.29) is 0 Å². The molecule has 0 aliphatic carbocycles. The van der Waals surface area contributed by atoms with Gasteiger partial charge in [0.25, 0.3) is 0 Å². The Hall–Kier alpha value is -0.0505. The number of nitrogens with zero attached hydrogens (tertiary/aromatic N) is 1. The van der Waals surface area contributed by atoms with Crippen molar-refractivity contribution < 1.29 is 14.4 Å². The van der Waals surface area contributed by atoms with Crippen molar-refractivity contribution in [3.05, 3.63) is 18.7 Å². The zero-order valence-electron chi connectivity index (χ0n) is 3.39. The van der Waals surface area contributed by atoms with Crippen LogP contribution in [0.5, 0.6) is 0 Å². The quantitative estimate of drug-likeness (QED) is 0.580. The number of hydrogen-bond donors (Lipinski definition) is 1. The Morgan fingerprint density at radius 1 is 1.57 bits per heavy atom. The summed E-state index contributed by atoms with van der Waals surface area (Å²) in [6.07, 6.45) is 5.08. The van der Waals surface area contributed by atoms with Crippen molar-refractivity contribution in [3.63, 3.8) is 0 Å². The average Bonchev–Trinajstić information content (AvgIpc) is 2.23. The van der Waals surface area contributed by atoms with Crippen molar-refractivity contribution in [2.24, 2.45) is 0 Å². The third kappa shape index (κ3) is 3.79. The van der Waals surface area contributed by atoms with E-state index < -0.39 is 0 Å². The van der Waals surface area contributed by atoms with Gasteiger partial charge < -0.3 is 4.98 Å². The minimum absolute atomic E-state index is 1.62. The number of imidazole rings is 1. The Balaban J connectivity index is 0.000000162. The Morgan fingerprint density at radius 3 is 2.43 bits per heavy atom. The molecule has 0 amide bonds. The molecule has 0 aliphatic rings. The molecule has 1 heterocycles. The van der Waals surface area contributed by atoms with E-state index >= 15 is 0 Å². The monoisotopic (exact) mass is 163 g/mol. The molecule has 0 saturated carbocycles. The molecule has 1 aromatic heterocycles. The molecule has 2 nitrogen and oxygen atoms in total. The molecule has 0 unspecified atom stereocenters. The standard InChI is InChI=1S/C3H4N2.Cu.S/c1-2-5-3-4-1;;/h1-3H,(H,4,5);;. The normalized spacial score (nSPS) is 6.57. The van der Waals surface area contributed by atoms with E-state index in [0.717, 1.165) is 0 Å². The molecule has 1 N–H and O–H groups in total. The van der Waals surface area contributed by atoms with Crippen molar-refractivity contribution in [2.75, 3.05) is 0 Å². The van der Waals surface area contributed by atoms with E-state index in [1.165, 1.54) is 0 Å². The Labute approximate surface area is 54.0 Å². The van der Waals surface area contributed by atoms with Crippen LogP contribution in [0.3, 0.4) is 0 Å². The fraction of sp³-hybridized carbons (Fsp3) is 0. The molecular formula is C3H4CuN2S. The largest absolute Gasteiger partial charge is 0.351 e. The van der Waals surface area contributed by atoms with E-state index in [4.69, 9.17) is 0 Å². The number of hydrogen-bond acceptors (Lipinski definition) is 2. The van der Waals surface area contributed by atoms with Crippen LogP contribution in [0.25, 0.3) is 0 Å². The van der Waals surface area contributed by atoms with Crippen molar-refractivity contribution in [1.82, 2.24) is 9.97 Å². The summed E-state index contributed by atoms with van der Waals surface area (Å²) in [5.41, 5.74) is 0. The fourth-order valence-corrected chi connectivity index (χ4v) is 0.215. The van der Waals surface area contributed by atoms with E-state index in [0.29, 0.717) is 0 Å². The van der Waals surface area contributed by atoms with Gasteiger partial charge in [-0.1, -0.05) is 0 Å². The van der Waals surface area contributed by atoms with Gasteiger partial charge in [0.05, 0.1) is 6.33 Å². The molecule has 0 aliphatic heterocycles. The topological polar surface area (TPSA) is 28.7 Å². The van der Waals surface area contributed by atoms with E-state index in [2.05, 4.69) is 34.9 Å². The van der Waals surface area contributed by atoms with E-state index in [1.807, 2.05) is 0 Å². The van der Waals surface area contributed by atoms with Gasteiger partial charge in [-0.05, 0) is 0 Å². The molecule has 0 radical (unpaired) electrons. The molecule has 0 aromatic carbocycles. The Bertz CT molecular complexity index is 79.8. The number of nitrogens with one attached hydrogen (secondary N) is 1. The van der Waals surface area contributed by atoms with Crippen molar-refractivity contribution in [3.8, 4) is 0 Å². The molecule has 0 saturated heterocycles. The minimum Gasteiger partial charge on any atom is -0.351 e. The van der Waals surface area contributed by atoms with Gasteiger partial charge in [-0.15, -0.1) is 0 Å². The molecule has 0 atom stereocenters. The molecule has 43 valence electrons. The average molecular weight is 164 g/mol.